The van der Waals surface area contributed by atoms with E-state index in [-0.39, 0.29) is 11.5 Å². The molecule has 154 valence electrons. The first kappa shape index (κ1) is 20.0. The zero-order valence-electron chi connectivity index (χ0n) is 17.1. The normalized spacial score (nSPS) is 21.1. The Hall–Kier alpha value is -2.32. The van der Waals surface area contributed by atoms with Gasteiger partial charge in [0.05, 0.1) is 5.69 Å². The number of nitrogen functional groups attached to an aromatic ring is 2. The third-order valence-electron chi connectivity index (χ3n) is 6.54. The van der Waals surface area contributed by atoms with Crippen LogP contribution in [0.15, 0.2) is 34.3 Å². The van der Waals surface area contributed by atoms with Crippen molar-refractivity contribution >= 4 is 29.2 Å². The summed E-state index contributed by atoms with van der Waals surface area (Å²) in [5, 5.41) is 0.697. The van der Waals surface area contributed by atoms with Crippen LogP contribution >= 0.6 is 11.8 Å². The van der Waals surface area contributed by atoms with E-state index in [1.54, 1.807) is 6.20 Å². The number of anilines is 3. The minimum atomic E-state index is 0.122. The van der Waals surface area contributed by atoms with Crippen molar-refractivity contribution < 1.29 is 0 Å². The van der Waals surface area contributed by atoms with E-state index < -0.39 is 0 Å². The molecule has 1 atom stereocenters. The van der Waals surface area contributed by atoms with Crippen molar-refractivity contribution in [1.29, 1.82) is 0 Å². The highest BCUT2D eigenvalue weighted by atomic mass is 32.2. The number of pyridine rings is 1. The van der Waals surface area contributed by atoms with Crippen LogP contribution in [0.5, 0.6) is 0 Å². The van der Waals surface area contributed by atoms with Gasteiger partial charge in [-0.2, -0.15) is 0 Å². The number of nitrogens with two attached hydrogens (primary N) is 3. The van der Waals surface area contributed by atoms with Gasteiger partial charge in [-0.3, -0.25) is 0 Å². The molecule has 4 rings (SSSR count). The van der Waals surface area contributed by atoms with E-state index in [4.69, 9.17) is 27.2 Å². The topological polar surface area (TPSA) is 120 Å². The quantitative estimate of drug-likeness (QED) is 0.659. The first-order valence-electron chi connectivity index (χ1n) is 10.0. The summed E-state index contributed by atoms with van der Waals surface area (Å²) in [4.78, 5) is 16.9. The maximum absolute atomic E-state index is 6.46. The van der Waals surface area contributed by atoms with E-state index in [0.29, 0.717) is 16.7 Å². The van der Waals surface area contributed by atoms with Gasteiger partial charge in [-0.15, -0.1) is 0 Å². The summed E-state index contributed by atoms with van der Waals surface area (Å²) in [6, 6.07) is 2.04. The van der Waals surface area contributed by atoms with Gasteiger partial charge in [-0.05, 0) is 51.0 Å². The molecule has 3 heterocycles. The molecule has 1 saturated carbocycles. The van der Waals surface area contributed by atoms with Crippen LogP contribution in [0.4, 0.5) is 17.5 Å². The number of aromatic nitrogens is 3. The fourth-order valence-corrected chi connectivity index (χ4v) is 5.43. The van der Waals surface area contributed by atoms with Gasteiger partial charge in [0.2, 0.25) is 0 Å². The molecule has 1 spiro atoms. The van der Waals surface area contributed by atoms with Crippen LogP contribution in [0, 0.1) is 19.3 Å². The Morgan fingerprint density at radius 2 is 1.86 bits per heavy atom. The fraction of sp³-hybridized carbons (Fsp3) is 0.476. The second kappa shape index (κ2) is 7.50. The molecule has 7 nitrogen and oxygen atoms in total. The van der Waals surface area contributed by atoms with Crippen molar-refractivity contribution in [2.45, 2.75) is 55.5 Å². The number of nitrogens with zero attached hydrogens (tertiary/aromatic N) is 4. The second-order valence-corrected chi connectivity index (χ2v) is 9.26. The third-order valence-corrected chi connectivity index (χ3v) is 7.70. The summed E-state index contributed by atoms with van der Waals surface area (Å²) >= 11 is 1.48. The lowest BCUT2D eigenvalue weighted by molar-refractivity contribution is 0.205. The van der Waals surface area contributed by atoms with Crippen LogP contribution in [0.2, 0.25) is 0 Å². The standard InChI is InChI=1S/C21H29N7S/c1-12-4-6-21(16(12)22)7-10-28(11-8-21)19-14(3)26-20(18(24)27-19)29-15-5-9-25-17(23)13(15)2/h5,9,16H,1,4,6-8,10-11,22H2,2-3H3,(H2,23,25)(H2,24,27)/t16-/m1/s1. The molecular formula is C21H29N7S. The number of piperidine rings is 1. The van der Waals surface area contributed by atoms with Gasteiger partial charge in [0, 0.05) is 35.8 Å². The lowest BCUT2D eigenvalue weighted by Crippen LogP contribution is -2.47. The average molecular weight is 412 g/mol. The van der Waals surface area contributed by atoms with Gasteiger partial charge in [0.1, 0.15) is 10.8 Å². The summed E-state index contributed by atoms with van der Waals surface area (Å²) < 4.78 is 0. The molecule has 1 saturated heterocycles. The van der Waals surface area contributed by atoms with Crippen LogP contribution in [-0.4, -0.2) is 34.1 Å². The lowest BCUT2D eigenvalue weighted by Gasteiger charge is -2.42. The molecule has 1 aliphatic carbocycles. The van der Waals surface area contributed by atoms with E-state index in [1.807, 2.05) is 19.9 Å². The molecule has 0 radical (unpaired) electrons. The maximum Gasteiger partial charge on any atom is 0.158 e. The van der Waals surface area contributed by atoms with E-state index in [9.17, 15) is 0 Å². The van der Waals surface area contributed by atoms with Crippen molar-refractivity contribution in [2.24, 2.45) is 11.1 Å². The Bertz CT molecular complexity index is 950. The van der Waals surface area contributed by atoms with Crippen LogP contribution < -0.4 is 22.1 Å². The summed E-state index contributed by atoms with van der Waals surface area (Å²) in [7, 11) is 0. The molecule has 1 aliphatic heterocycles. The monoisotopic (exact) mass is 411 g/mol. The molecule has 2 fully saturated rings. The third kappa shape index (κ3) is 3.55. The molecule has 0 unspecified atom stereocenters. The van der Waals surface area contributed by atoms with Crippen molar-refractivity contribution in [3.8, 4) is 0 Å². The Morgan fingerprint density at radius 1 is 1.14 bits per heavy atom. The summed E-state index contributed by atoms with van der Waals surface area (Å²) in [6.07, 6.45) is 6.01. The zero-order valence-corrected chi connectivity index (χ0v) is 17.9. The Kier molecular flexibility index (Phi) is 5.16. The van der Waals surface area contributed by atoms with E-state index in [0.717, 1.165) is 60.7 Å². The molecule has 8 heteroatoms. The van der Waals surface area contributed by atoms with E-state index >= 15 is 0 Å². The van der Waals surface area contributed by atoms with Crippen LogP contribution in [-0.2, 0) is 0 Å². The Balaban J connectivity index is 1.52. The average Bonchev–Trinajstić information content (AvgIpc) is 2.97. The molecule has 2 aromatic heterocycles. The SMILES string of the molecule is C=C1CCC2(CCN(c3nc(N)c(Sc4ccnc(N)c4C)nc3C)CC2)[C@@H]1N. The zero-order chi connectivity index (χ0) is 20.8. The molecular weight excluding hydrogens is 382 g/mol. The van der Waals surface area contributed by atoms with Crippen molar-refractivity contribution in [1.82, 2.24) is 15.0 Å². The molecule has 29 heavy (non-hydrogen) atoms. The van der Waals surface area contributed by atoms with Gasteiger partial charge >= 0.3 is 0 Å². The smallest absolute Gasteiger partial charge is 0.158 e. The van der Waals surface area contributed by atoms with Crippen LogP contribution in [0.3, 0.4) is 0 Å². The van der Waals surface area contributed by atoms with Crippen molar-refractivity contribution in [3.05, 3.63) is 35.7 Å². The molecule has 0 aromatic carbocycles. The van der Waals surface area contributed by atoms with Gasteiger partial charge < -0.3 is 22.1 Å². The number of hydrogen-bond acceptors (Lipinski definition) is 8. The van der Waals surface area contributed by atoms with Crippen LogP contribution in [0.1, 0.15) is 36.9 Å². The molecule has 2 aromatic rings. The maximum atomic E-state index is 6.46. The summed E-state index contributed by atoms with van der Waals surface area (Å²) in [6.45, 7) is 9.93. The Morgan fingerprint density at radius 3 is 2.52 bits per heavy atom. The van der Waals surface area contributed by atoms with E-state index in [1.165, 1.54) is 17.3 Å². The highest BCUT2D eigenvalue weighted by molar-refractivity contribution is 7.99. The van der Waals surface area contributed by atoms with Gasteiger partial charge in [-0.25, -0.2) is 15.0 Å². The predicted molar refractivity (Wildman–Crippen MR) is 119 cm³/mol. The largest absolute Gasteiger partial charge is 0.383 e. The minimum absolute atomic E-state index is 0.122. The molecule has 2 aliphatic rings. The molecule has 0 amide bonds. The number of aryl methyl sites for hydroxylation is 1. The Labute approximate surface area is 176 Å². The predicted octanol–water partition coefficient (Wildman–Crippen LogP) is 3.07. The highest BCUT2D eigenvalue weighted by Crippen LogP contribution is 2.48. The fourth-order valence-electron chi connectivity index (χ4n) is 4.50. The first-order chi connectivity index (χ1) is 13.8. The highest BCUT2D eigenvalue weighted by Gasteiger charge is 2.45. The van der Waals surface area contributed by atoms with Gasteiger partial charge in [0.25, 0.3) is 0 Å². The number of hydrogen-bond donors (Lipinski definition) is 3. The van der Waals surface area contributed by atoms with Gasteiger partial charge in [0.15, 0.2) is 11.6 Å². The van der Waals surface area contributed by atoms with Crippen molar-refractivity contribution in [2.75, 3.05) is 29.5 Å². The molecule has 0 bridgehead atoms. The lowest BCUT2D eigenvalue weighted by atomic mass is 9.74. The minimum Gasteiger partial charge on any atom is -0.383 e. The van der Waals surface area contributed by atoms with Crippen molar-refractivity contribution in [3.63, 3.8) is 0 Å². The van der Waals surface area contributed by atoms with Crippen LogP contribution in [0.25, 0.3) is 0 Å². The first-order valence-corrected chi connectivity index (χ1v) is 10.8. The summed E-state index contributed by atoms with van der Waals surface area (Å²) in [5.41, 5.74) is 21.9. The summed E-state index contributed by atoms with van der Waals surface area (Å²) in [5.74, 6) is 1.83. The second-order valence-electron chi connectivity index (χ2n) is 8.23. The molecule has 6 N–H and O–H groups in total. The van der Waals surface area contributed by atoms with E-state index in [2.05, 4.69) is 16.5 Å². The van der Waals surface area contributed by atoms with Gasteiger partial charge in [-0.1, -0.05) is 23.9 Å². The number of rotatable bonds is 3.